The number of piperazine rings is 1. The number of nitrogens with zero attached hydrogens (tertiary/aromatic N) is 6. The van der Waals surface area contributed by atoms with Gasteiger partial charge in [-0.2, -0.15) is 5.10 Å². The number of nitrogens with one attached hydrogen (secondary N) is 1. The first-order valence-corrected chi connectivity index (χ1v) is 14.2. The third-order valence-electron chi connectivity index (χ3n) is 8.58. The summed E-state index contributed by atoms with van der Waals surface area (Å²) in [4.78, 5) is 38.0. The third kappa shape index (κ3) is 5.67. The first-order chi connectivity index (χ1) is 18.9. The number of hydrogen-bond donors (Lipinski definition) is 1. The summed E-state index contributed by atoms with van der Waals surface area (Å²) in [6, 6.07) is 6.61. The zero-order valence-electron chi connectivity index (χ0n) is 22.8. The maximum Gasteiger partial charge on any atom is 0.228 e. The molecule has 10 nitrogen and oxygen atoms in total. The predicted octanol–water partition coefficient (Wildman–Crippen LogP) is 3.52. The molecule has 2 aliphatic carbocycles. The average Bonchev–Trinajstić information content (AvgIpc) is 3.56. The summed E-state index contributed by atoms with van der Waals surface area (Å²) in [5, 5.41) is 7.55. The zero-order chi connectivity index (χ0) is 26.9. The lowest BCUT2D eigenvalue weighted by Crippen LogP contribution is -2.59. The van der Waals surface area contributed by atoms with Gasteiger partial charge >= 0.3 is 0 Å². The molecule has 2 amide bonds. The molecule has 0 spiro atoms. The quantitative estimate of drug-likeness (QED) is 0.497. The largest absolute Gasteiger partial charge is 0.370 e. The number of ether oxygens (including phenoxy) is 1. The molecule has 3 aromatic rings. The van der Waals surface area contributed by atoms with Gasteiger partial charge in [0.15, 0.2) is 11.6 Å². The third-order valence-corrected chi connectivity index (χ3v) is 8.58. The maximum atomic E-state index is 12.9. The molecule has 10 heteroatoms. The second kappa shape index (κ2) is 11.0. The molecule has 1 N–H and O–H groups in total. The Bertz CT molecular complexity index is 1330. The molecule has 0 radical (unpaired) electrons. The van der Waals surface area contributed by atoms with E-state index in [1.807, 2.05) is 41.7 Å². The normalized spacial score (nSPS) is 24.2. The van der Waals surface area contributed by atoms with E-state index in [1.54, 1.807) is 11.4 Å². The SMILES string of the molecule is CC(=O)N1CCN(C2CC(C(=O)Nc3cc4cc(-c5cnc(COC6CCCC6)nc5)ccn4n3)C2)C(C)C1. The molecule has 4 heterocycles. The molecule has 0 bridgehead atoms. The molecule has 206 valence electrons. The van der Waals surface area contributed by atoms with Crippen LogP contribution in [-0.4, -0.2) is 79.0 Å². The number of anilines is 1. The van der Waals surface area contributed by atoms with E-state index in [0.29, 0.717) is 36.4 Å². The molecular formula is C29H37N7O3. The van der Waals surface area contributed by atoms with Crippen LogP contribution in [0.3, 0.4) is 0 Å². The number of amides is 2. The van der Waals surface area contributed by atoms with Gasteiger partial charge in [0, 0.05) is 74.8 Å². The fourth-order valence-corrected chi connectivity index (χ4v) is 6.16. The number of hydrogen-bond acceptors (Lipinski definition) is 7. The van der Waals surface area contributed by atoms with Crippen LogP contribution in [0, 0.1) is 5.92 Å². The van der Waals surface area contributed by atoms with E-state index < -0.39 is 0 Å². The maximum absolute atomic E-state index is 12.9. The summed E-state index contributed by atoms with van der Waals surface area (Å²) in [5.74, 6) is 1.40. The van der Waals surface area contributed by atoms with Crippen LogP contribution in [-0.2, 0) is 20.9 Å². The molecule has 1 unspecified atom stereocenters. The number of carbonyl (C=O) groups excluding carboxylic acids is 2. The Morgan fingerprint density at radius 2 is 1.85 bits per heavy atom. The Balaban J connectivity index is 1.03. The topological polar surface area (TPSA) is 105 Å². The van der Waals surface area contributed by atoms with Gasteiger partial charge in [-0.15, -0.1) is 0 Å². The van der Waals surface area contributed by atoms with Gasteiger partial charge in [-0.05, 0) is 50.3 Å². The summed E-state index contributed by atoms with van der Waals surface area (Å²) in [6.07, 6.45) is 12.3. The number of fused-ring (bicyclic) bond motifs is 1. The Kier molecular flexibility index (Phi) is 7.31. The minimum Gasteiger partial charge on any atom is -0.370 e. The Morgan fingerprint density at radius 3 is 2.56 bits per heavy atom. The highest BCUT2D eigenvalue weighted by atomic mass is 16.5. The van der Waals surface area contributed by atoms with Gasteiger partial charge in [-0.1, -0.05) is 12.8 Å². The highest BCUT2D eigenvalue weighted by Gasteiger charge is 2.41. The van der Waals surface area contributed by atoms with E-state index in [4.69, 9.17) is 4.74 Å². The van der Waals surface area contributed by atoms with Crippen LogP contribution in [0.25, 0.3) is 16.6 Å². The number of aromatic nitrogens is 4. The van der Waals surface area contributed by atoms with Gasteiger partial charge in [0.25, 0.3) is 0 Å². The van der Waals surface area contributed by atoms with Crippen LogP contribution in [0.4, 0.5) is 5.82 Å². The van der Waals surface area contributed by atoms with Crippen molar-refractivity contribution in [3.05, 3.63) is 42.6 Å². The number of carbonyl (C=O) groups is 2. The zero-order valence-corrected chi connectivity index (χ0v) is 22.8. The van der Waals surface area contributed by atoms with E-state index in [1.165, 1.54) is 12.8 Å². The van der Waals surface area contributed by atoms with Gasteiger partial charge in [0.05, 0.1) is 11.6 Å². The van der Waals surface area contributed by atoms with Crippen molar-refractivity contribution in [1.82, 2.24) is 29.4 Å². The van der Waals surface area contributed by atoms with Crippen molar-refractivity contribution in [3.63, 3.8) is 0 Å². The second-order valence-corrected chi connectivity index (χ2v) is 11.3. The second-order valence-electron chi connectivity index (χ2n) is 11.3. The Morgan fingerprint density at radius 1 is 1.08 bits per heavy atom. The summed E-state index contributed by atoms with van der Waals surface area (Å²) >= 11 is 0. The van der Waals surface area contributed by atoms with Crippen LogP contribution in [0.1, 0.15) is 58.2 Å². The van der Waals surface area contributed by atoms with Gasteiger partial charge < -0.3 is 15.0 Å². The summed E-state index contributed by atoms with van der Waals surface area (Å²) in [7, 11) is 0. The Labute approximate surface area is 228 Å². The molecule has 3 aromatic heterocycles. The van der Waals surface area contributed by atoms with Crippen molar-refractivity contribution in [2.45, 2.75) is 77.2 Å². The highest BCUT2D eigenvalue weighted by molar-refractivity contribution is 5.93. The van der Waals surface area contributed by atoms with Crippen molar-refractivity contribution >= 4 is 23.1 Å². The lowest BCUT2D eigenvalue weighted by atomic mass is 9.78. The minimum atomic E-state index is -0.0123. The van der Waals surface area contributed by atoms with Crippen molar-refractivity contribution in [2.24, 2.45) is 5.92 Å². The van der Waals surface area contributed by atoms with E-state index in [9.17, 15) is 9.59 Å². The van der Waals surface area contributed by atoms with Crippen LogP contribution in [0.15, 0.2) is 36.8 Å². The average molecular weight is 532 g/mol. The van der Waals surface area contributed by atoms with Gasteiger partial charge in [-0.25, -0.2) is 14.5 Å². The van der Waals surface area contributed by atoms with E-state index in [0.717, 1.165) is 62.0 Å². The summed E-state index contributed by atoms with van der Waals surface area (Å²) < 4.78 is 7.69. The molecule has 0 aromatic carbocycles. The van der Waals surface area contributed by atoms with Crippen molar-refractivity contribution < 1.29 is 14.3 Å². The molecule has 6 rings (SSSR count). The van der Waals surface area contributed by atoms with Crippen LogP contribution >= 0.6 is 0 Å². The summed E-state index contributed by atoms with van der Waals surface area (Å²) in [6.45, 7) is 6.65. The van der Waals surface area contributed by atoms with Crippen LogP contribution in [0.5, 0.6) is 0 Å². The molecular weight excluding hydrogens is 494 g/mol. The number of pyridine rings is 1. The molecule has 1 atom stereocenters. The molecule has 3 fully saturated rings. The Hall–Kier alpha value is -3.37. The van der Waals surface area contributed by atoms with Gasteiger partial charge in [-0.3, -0.25) is 14.5 Å². The minimum absolute atomic E-state index is 0.0123. The first kappa shape index (κ1) is 25.9. The molecule has 39 heavy (non-hydrogen) atoms. The highest BCUT2D eigenvalue weighted by Crippen LogP contribution is 2.35. The molecule has 1 saturated heterocycles. The first-order valence-electron chi connectivity index (χ1n) is 14.2. The molecule has 2 saturated carbocycles. The van der Waals surface area contributed by atoms with Gasteiger partial charge in [0.1, 0.15) is 6.61 Å². The van der Waals surface area contributed by atoms with Crippen molar-refractivity contribution in [2.75, 3.05) is 25.0 Å². The van der Waals surface area contributed by atoms with E-state index >= 15 is 0 Å². The fourth-order valence-electron chi connectivity index (χ4n) is 6.16. The van der Waals surface area contributed by atoms with E-state index in [-0.39, 0.29) is 17.7 Å². The predicted molar refractivity (Wildman–Crippen MR) is 147 cm³/mol. The lowest BCUT2D eigenvalue weighted by molar-refractivity contribution is -0.133. The lowest BCUT2D eigenvalue weighted by Gasteiger charge is -2.49. The summed E-state index contributed by atoms with van der Waals surface area (Å²) in [5.41, 5.74) is 2.80. The monoisotopic (exact) mass is 531 g/mol. The number of rotatable bonds is 7. The van der Waals surface area contributed by atoms with Crippen molar-refractivity contribution in [3.8, 4) is 11.1 Å². The smallest absolute Gasteiger partial charge is 0.228 e. The fraction of sp³-hybridized carbons (Fsp3) is 0.552. The standard InChI is InChI=1S/C29H37N7O3/c1-19-17-34(20(2)37)9-10-35(19)24-12-22(13-24)29(38)32-27-14-25-11-21(7-8-36(25)33-27)23-15-30-28(31-16-23)18-39-26-5-3-4-6-26/h7-8,11,14-16,19,22,24,26H,3-6,9-10,12-13,17-18H2,1-2H3,(H,32,33,38). The van der Waals surface area contributed by atoms with E-state index in [2.05, 4.69) is 32.2 Å². The van der Waals surface area contributed by atoms with Crippen LogP contribution < -0.4 is 5.32 Å². The van der Waals surface area contributed by atoms with Crippen molar-refractivity contribution in [1.29, 1.82) is 0 Å². The molecule has 3 aliphatic rings. The molecule has 1 aliphatic heterocycles. The van der Waals surface area contributed by atoms with Gasteiger partial charge in [0.2, 0.25) is 11.8 Å². The van der Waals surface area contributed by atoms with Crippen LogP contribution in [0.2, 0.25) is 0 Å².